The van der Waals surface area contributed by atoms with E-state index in [1.54, 1.807) is 12.5 Å². The van der Waals surface area contributed by atoms with E-state index < -0.39 is 0 Å². The summed E-state index contributed by atoms with van der Waals surface area (Å²) in [5, 5.41) is 3.44. The Balaban J connectivity index is 0.00000147. The predicted molar refractivity (Wildman–Crippen MR) is 91.3 cm³/mol. The summed E-state index contributed by atoms with van der Waals surface area (Å²) < 4.78 is 5.09. The van der Waals surface area contributed by atoms with Crippen LogP contribution in [0.4, 0.5) is 0 Å². The van der Waals surface area contributed by atoms with Gasteiger partial charge < -0.3 is 14.6 Å². The van der Waals surface area contributed by atoms with Crippen LogP contribution >= 0.6 is 24.0 Å². The number of nitrogens with zero attached hydrogens (tertiary/aromatic N) is 2. The van der Waals surface area contributed by atoms with Crippen LogP contribution in [-0.4, -0.2) is 31.0 Å². The summed E-state index contributed by atoms with van der Waals surface area (Å²) in [7, 11) is 1.87. The van der Waals surface area contributed by atoms with Crippen molar-refractivity contribution in [1.29, 1.82) is 0 Å². The van der Waals surface area contributed by atoms with Gasteiger partial charge in [0, 0.05) is 32.2 Å². The molecule has 112 valence electrons. The van der Waals surface area contributed by atoms with Crippen LogP contribution in [0.15, 0.2) is 28.0 Å². The largest absolute Gasteiger partial charge is 0.472 e. The Morgan fingerprint density at radius 2 is 2.05 bits per heavy atom. The van der Waals surface area contributed by atoms with E-state index in [0.717, 1.165) is 29.9 Å². The van der Waals surface area contributed by atoms with Gasteiger partial charge in [0.05, 0.1) is 12.5 Å². The number of fused-ring (bicyclic) bond motifs is 1. The highest BCUT2D eigenvalue weighted by atomic mass is 127. The summed E-state index contributed by atoms with van der Waals surface area (Å²) in [5.74, 6) is 2.82. The second-order valence-electron chi connectivity index (χ2n) is 5.74. The summed E-state index contributed by atoms with van der Waals surface area (Å²) in [6, 6.07) is 1.99. The van der Waals surface area contributed by atoms with Gasteiger partial charge in [-0.1, -0.05) is 12.8 Å². The second kappa shape index (κ2) is 7.33. The van der Waals surface area contributed by atoms with E-state index in [1.807, 2.05) is 13.1 Å². The van der Waals surface area contributed by atoms with E-state index in [9.17, 15) is 0 Å². The molecule has 4 nitrogen and oxygen atoms in total. The topological polar surface area (TPSA) is 40.8 Å². The first kappa shape index (κ1) is 15.7. The van der Waals surface area contributed by atoms with Gasteiger partial charge in [0.15, 0.2) is 5.96 Å². The number of aliphatic imine (C=N–C) groups is 1. The lowest BCUT2D eigenvalue weighted by Gasteiger charge is -2.22. The number of halogens is 1. The Kier molecular flexibility index (Phi) is 5.74. The molecule has 2 aliphatic rings. The maximum atomic E-state index is 5.09. The molecule has 2 heterocycles. The quantitative estimate of drug-likeness (QED) is 0.480. The smallest absolute Gasteiger partial charge is 0.193 e. The molecule has 1 aliphatic carbocycles. The zero-order chi connectivity index (χ0) is 13.1. The molecule has 0 spiro atoms. The molecule has 1 saturated carbocycles. The minimum atomic E-state index is 0. The molecule has 5 heteroatoms. The second-order valence-corrected chi connectivity index (χ2v) is 5.74. The fraction of sp³-hybridized carbons (Fsp3) is 0.667. The van der Waals surface area contributed by atoms with Crippen LogP contribution in [0.5, 0.6) is 0 Å². The van der Waals surface area contributed by atoms with Crippen molar-refractivity contribution in [3.63, 3.8) is 0 Å². The average molecular weight is 389 g/mol. The van der Waals surface area contributed by atoms with E-state index in [0.29, 0.717) is 0 Å². The van der Waals surface area contributed by atoms with Crippen LogP contribution in [0, 0.1) is 11.8 Å². The first-order chi connectivity index (χ1) is 9.36. The van der Waals surface area contributed by atoms with Gasteiger partial charge >= 0.3 is 0 Å². The number of nitrogens with one attached hydrogen (secondary N) is 1. The van der Waals surface area contributed by atoms with Crippen molar-refractivity contribution in [3.05, 3.63) is 24.2 Å². The predicted octanol–water partition coefficient (Wildman–Crippen LogP) is 3.10. The maximum Gasteiger partial charge on any atom is 0.193 e. The molecule has 2 atom stereocenters. The summed E-state index contributed by atoms with van der Waals surface area (Å²) in [6.07, 6.45) is 9.13. The van der Waals surface area contributed by atoms with Crippen molar-refractivity contribution in [2.45, 2.75) is 32.2 Å². The molecule has 2 fully saturated rings. The normalized spacial score (nSPS) is 26.1. The summed E-state index contributed by atoms with van der Waals surface area (Å²) in [6.45, 7) is 3.14. The number of guanidine groups is 1. The van der Waals surface area contributed by atoms with E-state index in [1.165, 1.54) is 38.8 Å². The van der Waals surface area contributed by atoms with Gasteiger partial charge in [-0.3, -0.25) is 4.99 Å². The number of hydrogen-bond acceptors (Lipinski definition) is 2. The lowest BCUT2D eigenvalue weighted by molar-refractivity contribution is 0.299. The Morgan fingerprint density at radius 1 is 1.35 bits per heavy atom. The zero-order valence-electron chi connectivity index (χ0n) is 12.0. The molecule has 1 saturated heterocycles. The van der Waals surface area contributed by atoms with Crippen LogP contribution in [0.25, 0.3) is 0 Å². The number of rotatable bonds is 2. The van der Waals surface area contributed by atoms with Gasteiger partial charge in [0.25, 0.3) is 0 Å². The lowest BCUT2D eigenvalue weighted by Crippen LogP contribution is -2.39. The number of likely N-dealkylation sites (tertiary alicyclic amines) is 1. The molecule has 0 radical (unpaired) electrons. The molecule has 1 aliphatic heterocycles. The van der Waals surface area contributed by atoms with Gasteiger partial charge in [-0.2, -0.15) is 0 Å². The first-order valence-electron chi connectivity index (χ1n) is 7.33. The van der Waals surface area contributed by atoms with E-state index in [2.05, 4.69) is 15.2 Å². The SMILES string of the molecule is CN=C(NCc1ccoc1)N1CC2CCCCC2C1.I. The van der Waals surface area contributed by atoms with Gasteiger partial charge in [0.1, 0.15) is 0 Å². The summed E-state index contributed by atoms with van der Waals surface area (Å²) in [4.78, 5) is 6.86. The fourth-order valence-corrected chi connectivity index (χ4v) is 3.49. The third-order valence-electron chi connectivity index (χ3n) is 4.52. The molecule has 1 N–H and O–H groups in total. The minimum Gasteiger partial charge on any atom is -0.472 e. The molecular weight excluding hydrogens is 365 g/mol. The van der Waals surface area contributed by atoms with Crippen LogP contribution in [0.3, 0.4) is 0 Å². The molecule has 1 aromatic heterocycles. The number of furan rings is 1. The van der Waals surface area contributed by atoms with Crippen LogP contribution in [0.2, 0.25) is 0 Å². The molecule has 1 aromatic rings. The Morgan fingerprint density at radius 3 is 2.60 bits per heavy atom. The molecule has 0 aromatic carbocycles. The lowest BCUT2D eigenvalue weighted by atomic mass is 9.82. The van der Waals surface area contributed by atoms with Crippen molar-refractivity contribution in [2.24, 2.45) is 16.8 Å². The van der Waals surface area contributed by atoms with Crippen molar-refractivity contribution >= 4 is 29.9 Å². The molecule has 20 heavy (non-hydrogen) atoms. The summed E-state index contributed by atoms with van der Waals surface area (Å²) in [5.41, 5.74) is 1.16. The summed E-state index contributed by atoms with van der Waals surface area (Å²) >= 11 is 0. The van der Waals surface area contributed by atoms with Crippen molar-refractivity contribution < 1.29 is 4.42 Å². The Labute approximate surface area is 138 Å². The third kappa shape index (κ3) is 3.48. The molecule has 0 bridgehead atoms. The number of hydrogen-bond donors (Lipinski definition) is 1. The van der Waals surface area contributed by atoms with Crippen molar-refractivity contribution in [3.8, 4) is 0 Å². The molecule has 3 rings (SSSR count). The Bertz CT molecular complexity index is 418. The fourth-order valence-electron chi connectivity index (χ4n) is 3.49. The maximum absolute atomic E-state index is 5.09. The van der Waals surface area contributed by atoms with Crippen molar-refractivity contribution in [2.75, 3.05) is 20.1 Å². The first-order valence-corrected chi connectivity index (χ1v) is 7.33. The standard InChI is InChI=1S/C15H23N3O.HI/c1-16-15(17-8-12-6-7-19-11-12)18-9-13-4-2-3-5-14(13)10-18;/h6-7,11,13-14H,2-5,8-10H2,1H3,(H,16,17);1H. The zero-order valence-corrected chi connectivity index (χ0v) is 14.4. The average Bonchev–Trinajstić information content (AvgIpc) is 3.08. The van der Waals surface area contributed by atoms with Gasteiger partial charge in [-0.15, -0.1) is 24.0 Å². The van der Waals surface area contributed by atoms with E-state index in [-0.39, 0.29) is 24.0 Å². The van der Waals surface area contributed by atoms with Crippen molar-refractivity contribution in [1.82, 2.24) is 10.2 Å². The monoisotopic (exact) mass is 389 g/mol. The van der Waals surface area contributed by atoms with Crippen LogP contribution in [-0.2, 0) is 6.54 Å². The van der Waals surface area contributed by atoms with E-state index >= 15 is 0 Å². The highest BCUT2D eigenvalue weighted by Crippen LogP contribution is 2.35. The minimum absolute atomic E-state index is 0. The molecular formula is C15H24IN3O. The van der Waals surface area contributed by atoms with Gasteiger partial charge in [-0.25, -0.2) is 0 Å². The Hall–Kier alpha value is -0.720. The van der Waals surface area contributed by atoms with Gasteiger partial charge in [0.2, 0.25) is 0 Å². The van der Waals surface area contributed by atoms with Crippen LogP contribution < -0.4 is 5.32 Å². The third-order valence-corrected chi connectivity index (χ3v) is 4.52. The van der Waals surface area contributed by atoms with E-state index in [4.69, 9.17) is 4.42 Å². The molecule has 0 amide bonds. The highest BCUT2D eigenvalue weighted by molar-refractivity contribution is 14.0. The highest BCUT2D eigenvalue weighted by Gasteiger charge is 2.35. The van der Waals surface area contributed by atoms with Gasteiger partial charge in [-0.05, 0) is 30.7 Å². The molecule has 2 unspecified atom stereocenters. The van der Waals surface area contributed by atoms with Crippen LogP contribution in [0.1, 0.15) is 31.2 Å².